The van der Waals surface area contributed by atoms with Crippen LogP contribution < -0.4 is 10.6 Å². The predicted molar refractivity (Wildman–Crippen MR) is 73.5 cm³/mol. The molecule has 0 aliphatic rings. The van der Waals surface area contributed by atoms with Crippen LogP contribution >= 0.6 is 23.2 Å². The highest BCUT2D eigenvalue weighted by Crippen LogP contribution is 2.28. The maximum absolute atomic E-state index is 6.07. The highest BCUT2D eigenvalue weighted by molar-refractivity contribution is 6.35. The molecule has 17 heavy (non-hydrogen) atoms. The maximum Gasteiger partial charge on any atom is 0.127 e. The van der Waals surface area contributed by atoms with E-state index in [9.17, 15) is 0 Å². The van der Waals surface area contributed by atoms with E-state index in [2.05, 4.69) is 15.6 Å². The van der Waals surface area contributed by atoms with Crippen molar-refractivity contribution in [3.05, 3.63) is 46.6 Å². The first-order chi connectivity index (χ1) is 8.19. The Morgan fingerprint density at radius 2 is 1.94 bits per heavy atom. The molecule has 0 bridgehead atoms. The molecule has 0 saturated carbocycles. The minimum absolute atomic E-state index is 0.622. The second-order valence-electron chi connectivity index (χ2n) is 3.43. The van der Waals surface area contributed by atoms with Crippen molar-refractivity contribution < 1.29 is 0 Å². The van der Waals surface area contributed by atoms with Gasteiger partial charge in [-0.25, -0.2) is 4.98 Å². The molecule has 3 nitrogen and oxygen atoms in total. The van der Waals surface area contributed by atoms with Crippen molar-refractivity contribution in [2.75, 3.05) is 17.7 Å². The number of hydrogen-bond donors (Lipinski definition) is 2. The van der Waals surface area contributed by atoms with Gasteiger partial charge in [-0.05, 0) is 24.3 Å². The number of rotatable bonds is 3. The zero-order valence-electron chi connectivity index (χ0n) is 9.17. The van der Waals surface area contributed by atoms with Gasteiger partial charge in [0.05, 0.1) is 10.7 Å². The first kappa shape index (κ1) is 12.0. The first-order valence-electron chi connectivity index (χ1n) is 5.05. The first-order valence-corrected chi connectivity index (χ1v) is 5.80. The molecule has 1 aromatic carbocycles. The van der Waals surface area contributed by atoms with Crippen LogP contribution in [0.4, 0.5) is 17.2 Å². The van der Waals surface area contributed by atoms with Gasteiger partial charge in [0, 0.05) is 30.0 Å². The van der Waals surface area contributed by atoms with Gasteiger partial charge in [0.25, 0.3) is 0 Å². The minimum atomic E-state index is 0.622. The molecular formula is C12H11Cl2N3. The summed E-state index contributed by atoms with van der Waals surface area (Å²) in [6.45, 7) is 0. The van der Waals surface area contributed by atoms with Crippen molar-refractivity contribution in [3.63, 3.8) is 0 Å². The molecule has 1 aromatic heterocycles. The summed E-state index contributed by atoms with van der Waals surface area (Å²) in [5, 5.41) is 7.42. The second-order valence-corrected chi connectivity index (χ2v) is 4.27. The van der Waals surface area contributed by atoms with E-state index in [4.69, 9.17) is 23.2 Å². The van der Waals surface area contributed by atoms with Crippen molar-refractivity contribution >= 4 is 40.4 Å². The predicted octanol–water partition coefficient (Wildman–Crippen LogP) is 4.17. The smallest absolute Gasteiger partial charge is 0.127 e. The highest BCUT2D eigenvalue weighted by atomic mass is 35.5. The van der Waals surface area contributed by atoms with Crippen LogP contribution in [0.15, 0.2) is 36.5 Å². The third-order valence-electron chi connectivity index (χ3n) is 2.22. The lowest BCUT2D eigenvalue weighted by molar-refractivity contribution is 1.28. The third kappa shape index (κ3) is 3.02. The number of anilines is 3. The summed E-state index contributed by atoms with van der Waals surface area (Å²) >= 11 is 12.0. The van der Waals surface area contributed by atoms with Gasteiger partial charge >= 0.3 is 0 Å². The summed E-state index contributed by atoms with van der Waals surface area (Å²) in [6.07, 6.45) is 1.71. The van der Waals surface area contributed by atoms with Gasteiger partial charge in [0.2, 0.25) is 0 Å². The molecule has 0 aliphatic heterocycles. The molecule has 5 heteroatoms. The average molecular weight is 268 g/mol. The summed E-state index contributed by atoms with van der Waals surface area (Å²) in [4.78, 5) is 4.13. The molecule has 0 aliphatic carbocycles. The fourth-order valence-electron chi connectivity index (χ4n) is 1.39. The van der Waals surface area contributed by atoms with E-state index in [-0.39, 0.29) is 0 Å². The van der Waals surface area contributed by atoms with E-state index < -0.39 is 0 Å². The van der Waals surface area contributed by atoms with Crippen LogP contribution in [-0.4, -0.2) is 12.0 Å². The summed E-state index contributed by atoms with van der Waals surface area (Å²) in [5.74, 6) is 0.785. The van der Waals surface area contributed by atoms with Crippen molar-refractivity contribution in [2.24, 2.45) is 0 Å². The lowest BCUT2D eigenvalue weighted by atomic mass is 10.3. The molecule has 0 saturated heterocycles. The Morgan fingerprint density at radius 1 is 1.12 bits per heavy atom. The summed E-state index contributed by atoms with van der Waals surface area (Å²) in [7, 11) is 1.82. The van der Waals surface area contributed by atoms with Crippen LogP contribution in [0, 0.1) is 0 Å². The molecule has 1 heterocycles. The van der Waals surface area contributed by atoms with Gasteiger partial charge in [-0.2, -0.15) is 0 Å². The number of aromatic nitrogens is 1. The van der Waals surface area contributed by atoms with Crippen LogP contribution in [0.5, 0.6) is 0 Å². The van der Waals surface area contributed by atoms with Crippen molar-refractivity contribution in [1.82, 2.24) is 4.98 Å². The highest BCUT2D eigenvalue weighted by Gasteiger charge is 2.02. The van der Waals surface area contributed by atoms with E-state index in [1.54, 1.807) is 24.4 Å². The third-order valence-corrected chi connectivity index (χ3v) is 2.79. The lowest BCUT2D eigenvalue weighted by Gasteiger charge is -2.09. The Labute approximate surface area is 110 Å². The molecule has 2 N–H and O–H groups in total. The monoisotopic (exact) mass is 267 g/mol. The normalized spacial score (nSPS) is 10.1. The SMILES string of the molecule is CNc1cc(Nc2cc(Cl)ccc2Cl)ccn1. The van der Waals surface area contributed by atoms with E-state index in [1.165, 1.54) is 0 Å². The van der Waals surface area contributed by atoms with Crippen molar-refractivity contribution in [2.45, 2.75) is 0 Å². The van der Waals surface area contributed by atoms with Crippen LogP contribution in [-0.2, 0) is 0 Å². The Bertz CT molecular complexity index is 529. The molecule has 0 fully saturated rings. The standard InChI is InChI=1S/C12H11Cl2N3/c1-15-12-7-9(4-5-16-12)17-11-6-8(13)2-3-10(11)14/h2-7H,1H3,(H2,15,16,17). The molecule has 88 valence electrons. The Balaban J connectivity index is 2.27. The molecule has 2 rings (SSSR count). The Hall–Kier alpha value is -1.45. The second kappa shape index (κ2) is 5.25. The Kier molecular flexibility index (Phi) is 3.71. The Morgan fingerprint density at radius 3 is 2.71 bits per heavy atom. The molecule has 0 radical (unpaired) electrons. The van der Waals surface area contributed by atoms with E-state index in [1.807, 2.05) is 19.2 Å². The zero-order valence-corrected chi connectivity index (χ0v) is 10.7. The molecule has 0 spiro atoms. The summed E-state index contributed by atoms with van der Waals surface area (Å²) in [6, 6.07) is 9.03. The summed E-state index contributed by atoms with van der Waals surface area (Å²) < 4.78 is 0. The molecule has 0 amide bonds. The fourth-order valence-corrected chi connectivity index (χ4v) is 1.73. The molecule has 0 atom stereocenters. The molecule has 0 unspecified atom stereocenters. The van der Waals surface area contributed by atoms with E-state index >= 15 is 0 Å². The minimum Gasteiger partial charge on any atom is -0.373 e. The number of halogens is 2. The number of nitrogens with one attached hydrogen (secondary N) is 2. The maximum atomic E-state index is 6.07. The van der Waals surface area contributed by atoms with Crippen molar-refractivity contribution in [1.29, 1.82) is 0 Å². The molecule has 2 aromatic rings. The number of pyridine rings is 1. The number of hydrogen-bond acceptors (Lipinski definition) is 3. The zero-order chi connectivity index (χ0) is 12.3. The van der Waals surface area contributed by atoms with Crippen LogP contribution in [0.3, 0.4) is 0 Å². The quantitative estimate of drug-likeness (QED) is 0.877. The van der Waals surface area contributed by atoms with E-state index in [0.717, 1.165) is 17.2 Å². The van der Waals surface area contributed by atoms with Gasteiger partial charge in [0.15, 0.2) is 0 Å². The lowest BCUT2D eigenvalue weighted by Crippen LogP contribution is -1.95. The largest absolute Gasteiger partial charge is 0.373 e. The van der Waals surface area contributed by atoms with E-state index in [0.29, 0.717) is 10.0 Å². The van der Waals surface area contributed by atoms with Gasteiger partial charge in [-0.1, -0.05) is 23.2 Å². The van der Waals surface area contributed by atoms with Gasteiger partial charge in [-0.3, -0.25) is 0 Å². The summed E-state index contributed by atoms with van der Waals surface area (Å²) in [5.41, 5.74) is 1.67. The number of nitrogens with zero attached hydrogens (tertiary/aromatic N) is 1. The van der Waals surface area contributed by atoms with Crippen LogP contribution in [0.2, 0.25) is 10.0 Å². The van der Waals surface area contributed by atoms with Gasteiger partial charge in [-0.15, -0.1) is 0 Å². The number of benzene rings is 1. The van der Waals surface area contributed by atoms with Gasteiger partial charge in [0.1, 0.15) is 5.82 Å². The van der Waals surface area contributed by atoms with Crippen molar-refractivity contribution in [3.8, 4) is 0 Å². The molecular weight excluding hydrogens is 257 g/mol. The van der Waals surface area contributed by atoms with Crippen LogP contribution in [0.25, 0.3) is 0 Å². The van der Waals surface area contributed by atoms with Crippen LogP contribution in [0.1, 0.15) is 0 Å². The van der Waals surface area contributed by atoms with Gasteiger partial charge < -0.3 is 10.6 Å². The average Bonchev–Trinajstić information content (AvgIpc) is 2.34. The fraction of sp³-hybridized carbons (Fsp3) is 0.0833. The topological polar surface area (TPSA) is 37.0 Å².